The molecule has 0 aliphatic heterocycles. The van der Waals surface area contributed by atoms with Crippen LogP contribution in [0.3, 0.4) is 0 Å². The lowest BCUT2D eigenvalue weighted by Gasteiger charge is -2.15. The molecule has 2 aromatic carbocycles. The number of aliphatic hydroxyl groups excluding tert-OH is 1. The Bertz CT molecular complexity index is 1370. The SMILES string of the molecule is O=c1cc(-c2ccncc2)nc2n(CC(O)c3cccc4ccccc34)ccn12. The van der Waals surface area contributed by atoms with Gasteiger partial charge in [-0.15, -0.1) is 0 Å². The maximum atomic E-state index is 12.5. The number of hydrogen-bond donors (Lipinski definition) is 1. The molecule has 29 heavy (non-hydrogen) atoms. The molecule has 3 heterocycles. The fourth-order valence-electron chi connectivity index (χ4n) is 3.67. The predicted octanol–water partition coefficient (Wildman–Crippen LogP) is 3.44. The lowest BCUT2D eigenvalue weighted by Crippen LogP contribution is -2.15. The van der Waals surface area contributed by atoms with Crippen LogP contribution in [0.25, 0.3) is 27.8 Å². The first-order valence-corrected chi connectivity index (χ1v) is 9.35. The second-order valence-corrected chi connectivity index (χ2v) is 6.92. The van der Waals surface area contributed by atoms with Gasteiger partial charge in [-0.05, 0) is 28.5 Å². The first-order valence-electron chi connectivity index (χ1n) is 9.35. The molecule has 0 aliphatic carbocycles. The van der Waals surface area contributed by atoms with Gasteiger partial charge in [0, 0.05) is 36.4 Å². The van der Waals surface area contributed by atoms with Gasteiger partial charge in [-0.2, -0.15) is 0 Å². The van der Waals surface area contributed by atoms with Crippen LogP contribution in [0.1, 0.15) is 11.7 Å². The summed E-state index contributed by atoms with van der Waals surface area (Å²) in [7, 11) is 0. The standard InChI is InChI=1S/C23H18N4O2/c28-21(19-7-3-5-16-4-1-2-6-18(16)19)15-26-12-13-27-22(29)14-20(25-23(26)27)17-8-10-24-11-9-17/h1-14,21,28H,15H2. The Morgan fingerprint density at radius 2 is 1.76 bits per heavy atom. The van der Waals surface area contributed by atoms with E-state index in [9.17, 15) is 9.90 Å². The Morgan fingerprint density at radius 1 is 0.966 bits per heavy atom. The molecular formula is C23H18N4O2. The van der Waals surface area contributed by atoms with Gasteiger partial charge in [-0.25, -0.2) is 4.98 Å². The molecule has 6 heteroatoms. The predicted molar refractivity (Wildman–Crippen MR) is 112 cm³/mol. The van der Waals surface area contributed by atoms with Gasteiger partial charge in [0.2, 0.25) is 5.78 Å². The van der Waals surface area contributed by atoms with E-state index in [1.54, 1.807) is 29.4 Å². The summed E-state index contributed by atoms with van der Waals surface area (Å²) >= 11 is 0. The number of fused-ring (bicyclic) bond motifs is 2. The van der Waals surface area contributed by atoms with Crippen molar-refractivity contribution in [1.29, 1.82) is 0 Å². The summed E-state index contributed by atoms with van der Waals surface area (Å²) in [5.74, 6) is 0.489. The van der Waals surface area contributed by atoms with Crippen LogP contribution in [-0.4, -0.2) is 24.0 Å². The van der Waals surface area contributed by atoms with Gasteiger partial charge in [0.25, 0.3) is 5.56 Å². The number of aromatic nitrogens is 4. The molecule has 142 valence electrons. The Morgan fingerprint density at radius 3 is 2.62 bits per heavy atom. The summed E-state index contributed by atoms with van der Waals surface area (Å²) in [4.78, 5) is 21.2. The molecule has 5 aromatic rings. The molecule has 3 aromatic heterocycles. The molecule has 0 spiro atoms. The fraction of sp³-hybridized carbons (Fsp3) is 0.0870. The van der Waals surface area contributed by atoms with Crippen molar-refractivity contribution in [3.8, 4) is 11.3 Å². The summed E-state index contributed by atoms with van der Waals surface area (Å²) in [6.07, 6.45) is 6.05. The van der Waals surface area contributed by atoms with E-state index in [-0.39, 0.29) is 12.1 Å². The van der Waals surface area contributed by atoms with E-state index in [0.29, 0.717) is 11.5 Å². The average Bonchev–Trinajstić information content (AvgIpc) is 3.17. The molecular weight excluding hydrogens is 364 g/mol. The Kier molecular flexibility index (Phi) is 4.18. The molecule has 0 saturated heterocycles. The van der Waals surface area contributed by atoms with Crippen LogP contribution >= 0.6 is 0 Å². The van der Waals surface area contributed by atoms with E-state index in [4.69, 9.17) is 0 Å². The summed E-state index contributed by atoms with van der Waals surface area (Å²) in [5.41, 5.74) is 2.08. The highest BCUT2D eigenvalue weighted by atomic mass is 16.3. The monoisotopic (exact) mass is 382 g/mol. The van der Waals surface area contributed by atoms with E-state index >= 15 is 0 Å². The highest BCUT2D eigenvalue weighted by Crippen LogP contribution is 2.26. The van der Waals surface area contributed by atoms with E-state index in [1.807, 2.05) is 54.6 Å². The molecule has 0 bridgehead atoms. The molecule has 6 nitrogen and oxygen atoms in total. The lowest BCUT2D eigenvalue weighted by atomic mass is 10.0. The summed E-state index contributed by atoms with van der Waals surface area (Å²) in [5, 5.41) is 13.1. The van der Waals surface area contributed by atoms with Crippen LogP contribution in [0.5, 0.6) is 0 Å². The molecule has 0 fully saturated rings. The number of imidazole rings is 1. The zero-order chi connectivity index (χ0) is 19.8. The second-order valence-electron chi connectivity index (χ2n) is 6.92. The zero-order valence-corrected chi connectivity index (χ0v) is 15.5. The van der Waals surface area contributed by atoms with Gasteiger partial charge in [-0.1, -0.05) is 42.5 Å². The van der Waals surface area contributed by atoms with Crippen molar-refractivity contribution in [3.63, 3.8) is 0 Å². The van der Waals surface area contributed by atoms with Crippen LogP contribution in [0.4, 0.5) is 0 Å². The Hall–Kier alpha value is -3.77. The van der Waals surface area contributed by atoms with Gasteiger partial charge in [0.15, 0.2) is 0 Å². The highest BCUT2D eigenvalue weighted by Gasteiger charge is 2.15. The first-order chi connectivity index (χ1) is 14.2. The van der Waals surface area contributed by atoms with E-state index in [2.05, 4.69) is 9.97 Å². The number of rotatable bonds is 4. The van der Waals surface area contributed by atoms with Gasteiger partial charge in [0.1, 0.15) is 0 Å². The lowest BCUT2D eigenvalue weighted by molar-refractivity contribution is 0.159. The van der Waals surface area contributed by atoms with Crippen LogP contribution in [-0.2, 0) is 6.54 Å². The highest BCUT2D eigenvalue weighted by molar-refractivity contribution is 5.85. The smallest absolute Gasteiger partial charge is 0.259 e. The second kappa shape index (κ2) is 7.00. The van der Waals surface area contributed by atoms with Crippen molar-refractivity contribution >= 4 is 16.6 Å². The Labute approximate surface area is 166 Å². The summed E-state index contributed by atoms with van der Waals surface area (Å²) in [6.45, 7) is 0.288. The van der Waals surface area contributed by atoms with E-state index < -0.39 is 6.10 Å². The zero-order valence-electron chi connectivity index (χ0n) is 15.5. The molecule has 0 aliphatic rings. The van der Waals surface area contributed by atoms with Crippen molar-refractivity contribution in [2.24, 2.45) is 0 Å². The Balaban J connectivity index is 1.57. The van der Waals surface area contributed by atoms with Crippen LogP contribution < -0.4 is 5.56 Å². The van der Waals surface area contributed by atoms with Gasteiger partial charge >= 0.3 is 0 Å². The maximum absolute atomic E-state index is 12.5. The van der Waals surface area contributed by atoms with Crippen molar-refractivity contribution in [2.75, 3.05) is 0 Å². The van der Waals surface area contributed by atoms with Gasteiger partial charge in [0.05, 0.1) is 18.3 Å². The van der Waals surface area contributed by atoms with Crippen LogP contribution in [0.2, 0.25) is 0 Å². The van der Waals surface area contributed by atoms with Crippen molar-refractivity contribution in [2.45, 2.75) is 12.6 Å². The summed E-state index contributed by atoms with van der Waals surface area (Å²) in [6, 6.07) is 19.0. The number of pyridine rings is 1. The number of nitrogens with zero attached hydrogens (tertiary/aromatic N) is 4. The minimum Gasteiger partial charge on any atom is -0.387 e. The molecule has 5 rings (SSSR count). The molecule has 1 N–H and O–H groups in total. The van der Waals surface area contributed by atoms with E-state index in [0.717, 1.165) is 21.9 Å². The third-order valence-corrected chi connectivity index (χ3v) is 5.11. The number of aliphatic hydroxyl groups is 1. The van der Waals surface area contributed by atoms with Gasteiger partial charge in [-0.3, -0.25) is 14.2 Å². The van der Waals surface area contributed by atoms with Crippen molar-refractivity contribution < 1.29 is 5.11 Å². The normalized spacial score (nSPS) is 12.4. The number of benzene rings is 2. The topological polar surface area (TPSA) is 72.4 Å². The summed E-state index contributed by atoms with van der Waals surface area (Å²) < 4.78 is 3.29. The molecule has 0 radical (unpaired) electrons. The molecule has 1 unspecified atom stereocenters. The minimum atomic E-state index is -0.737. The van der Waals surface area contributed by atoms with Crippen molar-refractivity contribution in [3.05, 3.63) is 101 Å². The van der Waals surface area contributed by atoms with Crippen LogP contribution in [0.15, 0.2) is 90.2 Å². The molecule has 1 atom stereocenters. The third kappa shape index (κ3) is 3.09. The molecule has 0 amide bonds. The number of hydrogen-bond acceptors (Lipinski definition) is 4. The van der Waals surface area contributed by atoms with Crippen molar-refractivity contribution in [1.82, 2.24) is 18.9 Å². The van der Waals surface area contributed by atoms with Gasteiger partial charge < -0.3 is 9.67 Å². The minimum absolute atomic E-state index is 0.166. The maximum Gasteiger partial charge on any atom is 0.259 e. The fourth-order valence-corrected chi connectivity index (χ4v) is 3.67. The quantitative estimate of drug-likeness (QED) is 0.517. The van der Waals surface area contributed by atoms with Crippen LogP contribution in [0, 0.1) is 0 Å². The van der Waals surface area contributed by atoms with E-state index in [1.165, 1.54) is 10.5 Å². The average molecular weight is 382 g/mol. The third-order valence-electron chi connectivity index (χ3n) is 5.11. The first kappa shape index (κ1) is 17.3. The molecule has 0 saturated carbocycles. The largest absolute Gasteiger partial charge is 0.387 e.